The zero-order valence-electron chi connectivity index (χ0n) is 27.6. The van der Waals surface area contributed by atoms with Crippen LogP contribution in [0.3, 0.4) is 0 Å². The molecule has 52 heavy (non-hydrogen) atoms. The fourth-order valence-corrected chi connectivity index (χ4v) is 10.6. The number of hydrogen-bond donors (Lipinski definition) is 0. The molecule has 3 aromatic heterocycles. The van der Waals surface area contributed by atoms with E-state index in [4.69, 9.17) is 9.40 Å². The lowest BCUT2D eigenvalue weighted by molar-refractivity contribution is 0.669. The van der Waals surface area contributed by atoms with Crippen molar-refractivity contribution in [2.24, 2.45) is 0 Å². The monoisotopic (exact) mass is 698 g/mol. The van der Waals surface area contributed by atoms with E-state index in [-0.39, 0.29) is 0 Å². The van der Waals surface area contributed by atoms with Gasteiger partial charge in [-0.15, -0.1) is 22.7 Å². The van der Waals surface area contributed by atoms with Gasteiger partial charge in [0.25, 0.3) is 0 Å². The van der Waals surface area contributed by atoms with Crippen molar-refractivity contribution in [3.8, 4) is 32.3 Å². The van der Waals surface area contributed by atoms with Crippen molar-refractivity contribution in [2.75, 3.05) is 4.90 Å². The number of thiazole rings is 1. The fraction of sp³-hybridized carbons (Fsp3) is 0. The van der Waals surface area contributed by atoms with Crippen molar-refractivity contribution in [3.63, 3.8) is 0 Å². The Morgan fingerprint density at radius 1 is 0.462 bits per heavy atom. The molecule has 0 amide bonds. The zero-order valence-corrected chi connectivity index (χ0v) is 29.3. The maximum atomic E-state index is 6.27. The van der Waals surface area contributed by atoms with Crippen LogP contribution in [-0.2, 0) is 0 Å². The van der Waals surface area contributed by atoms with E-state index < -0.39 is 0 Å². The molecule has 0 radical (unpaired) electrons. The van der Waals surface area contributed by atoms with Crippen molar-refractivity contribution in [3.05, 3.63) is 158 Å². The van der Waals surface area contributed by atoms with E-state index in [9.17, 15) is 0 Å². The van der Waals surface area contributed by atoms with Crippen molar-refractivity contribution in [2.45, 2.75) is 0 Å². The summed E-state index contributed by atoms with van der Waals surface area (Å²) in [6.45, 7) is 0. The molecule has 0 spiro atoms. The number of para-hydroxylation sites is 1. The molecule has 3 nitrogen and oxygen atoms in total. The summed E-state index contributed by atoms with van der Waals surface area (Å²) in [6, 6.07) is 57.0. The molecule has 8 aromatic carbocycles. The van der Waals surface area contributed by atoms with Crippen molar-refractivity contribution in [1.29, 1.82) is 0 Å². The van der Waals surface area contributed by atoms with E-state index in [1.807, 2.05) is 23.5 Å². The average molecular weight is 699 g/mol. The van der Waals surface area contributed by atoms with Gasteiger partial charge in [0.1, 0.15) is 16.2 Å². The van der Waals surface area contributed by atoms with Crippen molar-refractivity contribution in [1.82, 2.24) is 4.98 Å². The number of nitrogens with zero attached hydrogens (tertiary/aromatic N) is 2. The van der Waals surface area contributed by atoms with Gasteiger partial charge in [-0.05, 0) is 65.4 Å². The van der Waals surface area contributed by atoms with Gasteiger partial charge in [0, 0.05) is 69.8 Å². The summed E-state index contributed by atoms with van der Waals surface area (Å²) in [5, 5.41) is 10.8. The highest BCUT2D eigenvalue weighted by molar-refractivity contribution is 7.25. The summed E-state index contributed by atoms with van der Waals surface area (Å²) < 4.78 is 8.87. The maximum absolute atomic E-state index is 6.27. The van der Waals surface area contributed by atoms with Crippen molar-refractivity contribution < 1.29 is 4.42 Å². The first-order valence-electron chi connectivity index (χ1n) is 17.4. The predicted molar refractivity (Wildman–Crippen MR) is 222 cm³/mol. The molecule has 0 saturated carbocycles. The minimum absolute atomic E-state index is 0.891. The standard InChI is InChI=1S/C47H26N2OS2/c1-2-11-30-27(9-1)10-7-14-33(30)47-48-45-35-21-22-39(34-15-8-16-36(44(34)35)46(45)52-47)49(28-19-23-41-37(25-28)31-12-3-5-17-40(31)50-41)29-20-24-43-38(26-29)32-13-4-6-18-42(32)51-43/h1-26H. The van der Waals surface area contributed by atoms with E-state index in [0.29, 0.717) is 0 Å². The zero-order chi connectivity index (χ0) is 33.9. The lowest BCUT2D eigenvalue weighted by Crippen LogP contribution is -2.10. The first-order valence-corrected chi connectivity index (χ1v) is 19.1. The quantitative estimate of drug-likeness (QED) is 0.183. The number of thiophene rings is 1. The third-order valence-electron chi connectivity index (χ3n) is 10.6. The molecular formula is C47H26N2OS2. The molecule has 5 heteroatoms. The number of furan rings is 1. The Balaban J connectivity index is 1.08. The molecule has 0 N–H and O–H groups in total. The second kappa shape index (κ2) is 10.6. The van der Waals surface area contributed by atoms with Gasteiger partial charge < -0.3 is 9.32 Å². The number of anilines is 3. The van der Waals surface area contributed by atoms with Crippen LogP contribution >= 0.6 is 22.7 Å². The second-order valence-corrected chi connectivity index (χ2v) is 15.6. The second-order valence-electron chi connectivity index (χ2n) is 13.5. The maximum Gasteiger partial charge on any atom is 0.135 e. The van der Waals surface area contributed by atoms with Crippen LogP contribution in [0.15, 0.2) is 162 Å². The van der Waals surface area contributed by atoms with E-state index in [1.165, 1.54) is 63.3 Å². The van der Waals surface area contributed by atoms with Crippen LogP contribution in [0, 0.1) is 0 Å². The van der Waals surface area contributed by atoms with Gasteiger partial charge in [0.05, 0.1) is 16.3 Å². The predicted octanol–water partition coefficient (Wildman–Crippen LogP) is 14.5. The Hall–Kier alpha value is -6.27. The fourth-order valence-electron chi connectivity index (χ4n) is 8.32. The van der Waals surface area contributed by atoms with E-state index in [1.54, 1.807) is 11.3 Å². The third-order valence-corrected chi connectivity index (χ3v) is 12.9. The Labute approximate surface area is 306 Å². The van der Waals surface area contributed by atoms with E-state index in [2.05, 4.69) is 150 Å². The lowest BCUT2D eigenvalue weighted by Gasteiger charge is -2.27. The number of aromatic nitrogens is 1. The minimum atomic E-state index is 0.891. The van der Waals surface area contributed by atoms with Gasteiger partial charge in [-0.3, -0.25) is 0 Å². The molecule has 0 atom stereocenters. The van der Waals surface area contributed by atoms with Crippen LogP contribution in [0.1, 0.15) is 0 Å². The topological polar surface area (TPSA) is 29.3 Å². The summed E-state index contributed by atoms with van der Waals surface area (Å²) in [4.78, 5) is 9.02. The number of fused-ring (bicyclic) bond motifs is 10. The molecular weight excluding hydrogens is 673 g/mol. The average Bonchev–Trinajstić information content (AvgIpc) is 3.96. The van der Waals surface area contributed by atoms with Crippen LogP contribution in [-0.4, -0.2) is 4.98 Å². The van der Waals surface area contributed by atoms with Gasteiger partial charge in [0.2, 0.25) is 0 Å². The number of rotatable bonds is 4. The van der Waals surface area contributed by atoms with Gasteiger partial charge in [-0.25, -0.2) is 4.98 Å². The Morgan fingerprint density at radius 3 is 2.10 bits per heavy atom. The van der Waals surface area contributed by atoms with Crippen LogP contribution < -0.4 is 4.90 Å². The molecule has 0 bridgehead atoms. The van der Waals surface area contributed by atoms with Crippen LogP contribution in [0.25, 0.3) is 95.9 Å². The Morgan fingerprint density at radius 2 is 1.15 bits per heavy atom. The molecule has 1 aliphatic rings. The largest absolute Gasteiger partial charge is 0.456 e. The molecule has 12 rings (SSSR count). The molecule has 1 aliphatic carbocycles. The molecule has 0 unspecified atom stereocenters. The summed E-state index contributed by atoms with van der Waals surface area (Å²) >= 11 is 3.65. The van der Waals surface area contributed by atoms with Gasteiger partial charge in [-0.1, -0.05) is 103 Å². The third kappa shape index (κ3) is 3.97. The van der Waals surface area contributed by atoms with E-state index in [0.717, 1.165) is 49.7 Å². The summed E-state index contributed by atoms with van der Waals surface area (Å²) in [6.07, 6.45) is 0. The first-order chi connectivity index (χ1) is 25.8. The van der Waals surface area contributed by atoms with Crippen LogP contribution in [0.4, 0.5) is 17.1 Å². The normalized spacial score (nSPS) is 12.2. The molecule has 3 heterocycles. The summed E-state index contributed by atoms with van der Waals surface area (Å²) in [5.74, 6) is 0. The highest BCUT2D eigenvalue weighted by Crippen LogP contribution is 2.54. The molecule has 0 aliphatic heterocycles. The highest BCUT2D eigenvalue weighted by atomic mass is 32.1. The Bertz CT molecular complexity index is 3130. The first kappa shape index (κ1) is 28.4. The Kier molecular flexibility index (Phi) is 5.81. The summed E-state index contributed by atoms with van der Waals surface area (Å²) in [7, 11) is 0. The molecule has 242 valence electrons. The lowest BCUT2D eigenvalue weighted by atomic mass is 10.0. The van der Waals surface area contributed by atoms with Gasteiger partial charge in [-0.2, -0.15) is 0 Å². The van der Waals surface area contributed by atoms with Gasteiger partial charge in [0.15, 0.2) is 0 Å². The molecule has 0 saturated heterocycles. The van der Waals surface area contributed by atoms with Crippen LogP contribution in [0.5, 0.6) is 0 Å². The smallest absolute Gasteiger partial charge is 0.135 e. The minimum Gasteiger partial charge on any atom is -0.456 e. The van der Waals surface area contributed by atoms with Crippen molar-refractivity contribution >= 4 is 103 Å². The van der Waals surface area contributed by atoms with E-state index >= 15 is 0 Å². The SMILES string of the molecule is c1ccc2c(-c3nc4c(s3)-c3cccc5c(N(c6ccc7oc8ccccc8c7c6)c6ccc7sc8ccccc8c7c6)ccc-4c35)cccc2c1. The van der Waals surface area contributed by atoms with Gasteiger partial charge >= 0.3 is 0 Å². The molecule has 11 aromatic rings. The number of benzene rings is 8. The highest BCUT2D eigenvalue weighted by Gasteiger charge is 2.29. The number of hydrogen-bond acceptors (Lipinski definition) is 5. The molecule has 0 fully saturated rings. The van der Waals surface area contributed by atoms with Crippen LogP contribution in [0.2, 0.25) is 0 Å². The summed E-state index contributed by atoms with van der Waals surface area (Å²) in [5.41, 5.74) is 9.85.